The highest BCUT2D eigenvalue weighted by Crippen LogP contribution is 2.34. The van der Waals surface area contributed by atoms with Gasteiger partial charge in [0.2, 0.25) is 17.7 Å². The van der Waals surface area contributed by atoms with Crippen molar-refractivity contribution in [3.8, 4) is 17.4 Å². The maximum Gasteiger partial charge on any atom is 0.243 e. The van der Waals surface area contributed by atoms with Crippen LogP contribution in [0, 0.1) is 5.92 Å². The molecular weight excluding hydrogens is 504 g/mol. The number of carbonyl (C=O) groups excluding carboxylic acids is 1. The second-order valence-electron chi connectivity index (χ2n) is 9.28. The fourth-order valence-corrected chi connectivity index (χ4v) is 4.43. The summed E-state index contributed by atoms with van der Waals surface area (Å²) >= 11 is 6.35. The van der Waals surface area contributed by atoms with Gasteiger partial charge in [0, 0.05) is 55.6 Å². The van der Waals surface area contributed by atoms with Gasteiger partial charge < -0.3 is 29.9 Å². The minimum absolute atomic E-state index is 0.00806. The van der Waals surface area contributed by atoms with Crippen LogP contribution in [0.25, 0.3) is 0 Å². The molecule has 1 aliphatic rings. The molecule has 2 aromatic carbocycles. The number of likely N-dealkylation sites (N-methyl/N-ethyl adjacent to an activating group) is 1. The summed E-state index contributed by atoms with van der Waals surface area (Å²) in [6, 6.07) is 13.2. The number of ether oxygens (including phenoxy) is 2. The van der Waals surface area contributed by atoms with Crippen molar-refractivity contribution < 1.29 is 14.3 Å². The van der Waals surface area contributed by atoms with Gasteiger partial charge in [0.15, 0.2) is 0 Å². The Morgan fingerprint density at radius 3 is 2.58 bits per heavy atom. The highest BCUT2D eigenvalue weighted by Gasteiger charge is 2.18. The summed E-state index contributed by atoms with van der Waals surface area (Å²) in [6.45, 7) is 8.00. The molecule has 0 aliphatic carbocycles. The van der Waals surface area contributed by atoms with Gasteiger partial charge in [0.05, 0.1) is 19.0 Å². The Labute approximate surface area is 229 Å². The fourth-order valence-electron chi connectivity index (χ4n) is 4.30. The van der Waals surface area contributed by atoms with Gasteiger partial charge in [-0.1, -0.05) is 31.5 Å². The number of nitrogens with zero attached hydrogens (tertiary/aromatic N) is 4. The zero-order valence-corrected chi connectivity index (χ0v) is 23.1. The van der Waals surface area contributed by atoms with E-state index in [1.165, 1.54) is 6.20 Å². The highest BCUT2D eigenvalue weighted by molar-refractivity contribution is 6.31. The molecule has 1 amide bonds. The fraction of sp³-hybridized carbons (Fsp3) is 0.393. The smallest absolute Gasteiger partial charge is 0.243 e. The average Bonchev–Trinajstić information content (AvgIpc) is 2.92. The second kappa shape index (κ2) is 12.8. The third-order valence-corrected chi connectivity index (χ3v) is 6.94. The number of rotatable bonds is 10. The van der Waals surface area contributed by atoms with Crippen molar-refractivity contribution in [1.82, 2.24) is 14.9 Å². The number of hydrogen-bond acceptors (Lipinski definition) is 8. The van der Waals surface area contributed by atoms with Gasteiger partial charge in [0.25, 0.3) is 0 Å². The van der Waals surface area contributed by atoms with E-state index in [2.05, 4.69) is 43.5 Å². The minimum atomic E-state index is -0.0304. The van der Waals surface area contributed by atoms with E-state index in [1.54, 1.807) is 25.3 Å². The van der Waals surface area contributed by atoms with Crippen molar-refractivity contribution in [2.45, 2.75) is 26.7 Å². The number of hydrogen-bond donors (Lipinski definition) is 2. The lowest BCUT2D eigenvalue weighted by Crippen LogP contribution is -2.44. The van der Waals surface area contributed by atoms with Gasteiger partial charge in [-0.05, 0) is 44.2 Å². The number of halogens is 1. The summed E-state index contributed by atoms with van der Waals surface area (Å²) in [4.78, 5) is 25.9. The van der Waals surface area contributed by atoms with Crippen molar-refractivity contribution >= 4 is 40.5 Å². The molecular formula is C28H35ClN6O3. The van der Waals surface area contributed by atoms with Crippen LogP contribution in [0.4, 0.5) is 23.0 Å². The lowest BCUT2D eigenvalue weighted by Gasteiger charge is -2.34. The monoisotopic (exact) mass is 538 g/mol. The summed E-state index contributed by atoms with van der Waals surface area (Å²) in [6.07, 6.45) is 3.05. The molecule has 0 saturated carbocycles. The van der Waals surface area contributed by atoms with Gasteiger partial charge in [-0.3, -0.25) is 4.79 Å². The maximum absolute atomic E-state index is 12.5. The van der Waals surface area contributed by atoms with E-state index >= 15 is 0 Å². The van der Waals surface area contributed by atoms with Crippen LogP contribution in [0.3, 0.4) is 0 Å². The van der Waals surface area contributed by atoms with Crippen molar-refractivity contribution in [2.24, 2.45) is 5.92 Å². The minimum Gasteiger partial charge on any atom is -0.494 e. The van der Waals surface area contributed by atoms with Crippen LogP contribution in [-0.4, -0.2) is 61.1 Å². The van der Waals surface area contributed by atoms with Crippen molar-refractivity contribution in [3.05, 3.63) is 53.7 Å². The molecule has 0 spiro atoms. The third-order valence-electron chi connectivity index (χ3n) is 6.68. The molecule has 1 fully saturated rings. The van der Waals surface area contributed by atoms with E-state index < -0.39 is 0 Å². The van der Waals surface area contributed by atoms with E-state index in [9.17, 15) is 4.79 Å². The van der Waals surface area contributed by atoms with Crippen molar-refractivity contribution in [1.29, 1.82) is 0 Å². The molecule has 4 rings (SSSR count). The lowest BCUT2D eigenvalue weighted by molar-refractivity contribution is -0.120. The third kappa shape index (κ3) is 6.85. The normalized spacial score (nSPS) is 13.9. The van der Waals surface area contributed by atoms with Crippen molar-refractivity contribution in [2.75, 3.05) is 55.9 Å². The topological polar surface area (TPSA) is 91.8 Å². The van der Waals surface area contributed by atoms with E-state index in [0.29, 0.717) is 23.1 Å². The van der Waals surface area contributed by atoms with Crippen LogP contribution in [0.1, 0.15) is 26.7 Å². The number of aromatic nitrogens is 2. The first kappa shape index (κ1) is 27.5. The summed E-state index contributed by atoms with van der Waals surface area (Å²) < 4.78 is 11.6. The molecule has 1 aromatic heterocycles. The number of amides is 1. The van der Waals surface area contributed by atoms with Gasteiger partial charge in [-0.25, -0.2) is 4.98 Å². The summed E-state index contributed by atoms with van der Waals surface area (Å²) in [7, 11) is 3.78. The predicted molar refractivity (Wildman–Crippen MR) is 152 cm³/mol. The van der Waals surface area contributed by atoms with Crippen LogP contribution in [0.2, 0.25) is 5.02 Å². The largest absolute Gasteiger partial charge is 0.494 e. The molecule has 9 nitrogen and oxygen atoms in total. The molecule has 1 aliphatic heterocycles. The number of piperazine rings is 1. The van der Waals surface area contributed by atoms with Crippen LogP contribution < -0.4 is 25.0 Å². The van der Waals surface area contributed by atoms with Gasteiger partial charge in [-0.2, -0.15) is 4.98 Å². The van der Waals surface area contributed by atoms with Gasteiger partial charge >= 0.3 is 0 Å². The first-order valence-electron chi connectivity index (χ1n) is 12.9. The molecule has 2 N–H and O–H groups in total. The Morgan fingerprint density at radius 2 is 1.87 bits per heavy atom. The zero-order valence-electron chi connectivity index (χ0n) is 22.3. The second-order valence-corrected chi connectivity index (χ2v) is 9.69. The predicted octanol–water partition coefficient (Wildman–Crippen LogP) is 5.80. The van der Waals surface area contributed by atoms with Crippen LogP contribution in [0.5, 0.6) is 17.4 Å². The standard InChI is InChI=1S/C28H35ClN6O3/c1-5-19(6-2)26(36)31-20-8-7-9-22(16-20)38-27-23(29)18-30-28(33-27)32-24-11-10-21(17-25(24)37-4)35-14-12-34(3)13-15-35/h7-11,16-19H,5-6,12-15H2,1-4H3,(H,31,36)(H,30,32,33). The summed E-state index contributed by atoms with van der Waals surface area (Å²) in [5.41, 5.74) is 2.48. The van der Waals surface area contributed by atoms with E-state index in [4.69, 9.17) is 21.1 Å². The van der Waals surface area contributed by atoms with Gasteiger partial charge in [-0.15, -0.1) is 0 Å². The number of benzene rings is 2. The van der Waals surface area contributed by atoms with Crippen LogP contribution in [-0.2, 0) is 4.79 Å². The molecule has 1 saturated heterocycles. The molecule has 3 aromatic rings. The van der Waals surface area contributed by atoms with E-state index in [0.717, 1.165) is 50.4 Å². The Hall–Kier alpha value is -3.56. The first-order valence-corrected chi connectivity index (χ1v) is 13.3. The first-order chi connectivity index (χ1) is 18.4. The molecule has 0 unspecified atom stereocenters. The molecule has 0 atom stereocenters. The molecule has 202 valence electrons. The lowest BCUT2D eigenvalue weighted by atomic mass is 10.0. The Kier molecular flexibility index (Phi) is 9.25. The SMILES string of the molecule is CCC(CC)C(=O)Nc1cccc(Oc2nc(Nc3ccc(N4CCN(C)CC4)cc3OC)ncc2Cl)c1. The maximum atomic E-state index is 12.5. The van der Waals surface area contributed by atoms with Crippen LogP contribution >= 0.6 is 11.6 Å². The summed E-state index contributed by atoms with van der Waals surface area (Å²) in [5, 5.41) is 6.43. The number of carbonyl (C=O) groups is 1. The Bertz CT molecular complexity index is 1250. The molecule has 0 bridgehead atoms. The van der Waals surface area contributed by atoms with Crippen LogP contribution in [0.15, 0.2) is 48.7 Å². The quantitative estimate of drug-likeness (QED) is 0.334. The highest BCUT2D eigenvalue weighted by atomic mass is 35.5. The Balaban J connectivity index is 1.48. The van der Waals surface area contributed by atoms with Gasteiger partial charge in [0.1, 0.15) is 16.5 Å². The number of methoxy groups -OCH3 is 1. The Morgan fingerprint density at radius 1 is 1.11 bits per heavy atom. The number of nitrogens with one attached hydrogen (secondary N) is 2. The molecule has 0 radical (unpaired) electrons. The molecule has 38 heavy (non-hydrogen) atoms. The summed E-state index contributed by atoms with van der Waals surface area (Å²) in [5.74, 6) is 1.65. The van der Waals surface area contributed by atoms with E-state index in [-0.39, 0.29) is 22.7 Å². The average molecular weight is 539 g/mol. The van der Waals surface area contributed by atoms with Crippen molar-refractivity contribution in [3.63, 3.8) is 0 Å². The number of anilines is 4. The zero-order chi connectivity index (χ0) is 27.1. The molecule has 2 heterocycles. The molecule has 10 heteroatoms. The van der Waals surface area contributed by atoms with E-state index in [1.807, 2.05) is 32.0 Å².